The summed E-state index contributed by atoms with van der Waals surface area (Å²) in [5.41, 5.74) is 1.94. The number of benzene rings is 3. The maximum absolute atomic E-state index is 13.6. The molecule has 3 aromatic rings. The lowest BCUT2D eigenvalue weighted by Crippen LogP contribution is -2.32. The van der Waals surface area contributed by atoms with Crippen molar-refractivity contribution in [2.45, 2.75) is 30.7 Å². The van der Waals surface area contributed by atoms with Gasteiger partial charge in [-0.1, -0.05) is 30.3 Å². The van der Waals surface area contributed by atoms with Crippen LogP contribution in [0.1, 0.15) is 41.7 Å². The zero-order chi connectivity index (χ0) is 24.4. The van der Waals surface area contributed by atoms with Crippen LogP contribution < -0.4 is 13.8 Å². The van der Waals surface area contributed by atoms with Crippen LogP contribution in [0.25, 0.3) is 0 Å². The number of amides is 1. The Kier molecular flexibility index (Phi) is 6.38. The number of hydrogen-bond acceptors (Lipinski definition) is 5. The molecule has 8 heteroatoms. The van der Waals surface area contributed by atoms with Crippen LogP contribution in [0, 0.1) is 0 Å². The molecule has 0 radical (unpaired) electrons. The zero-order valence-corrected chi connectivity index (χ0v) is 20.4. The van der Waals surface area contributed by atoms with Crippen LogP contribution in [0.4, 0.5) is 5.69 Å². The van der Waals surface area contributed by atoms with Crippen molar-refractivity contribution in [2.24, 2.45) is 0 Å². The van der Waals surface area contributed by atoms with Crippen LogP contribution in [0.2, 0.25) is 0 Å². The predicted molar refractivity (Wildman–Crippen MR) is 134 cm³/mol. The van der Waals surface area contributed by atoms with Crippen molar-refractivity contribution in [3.8, 4) is 11.5 Å². The number of fused-ring (bicyclic) bond motifs is 1. The molecule has 1 saturated heterocycles. The highest BCUT2D eigenvalue weighted by atomic mass is 32.2. The lowest BCUT2D eigenvalue weighted by Gasteiger charge is -2.27. The fourth-order valence-electron chi connectivity index (χ4n) is 4.79. The Morgan fingerprint density at radius 3 is 2.51 bits per heavy atom. The number of rotatable bonds is 6. The van der Waals surface area contributed by atoms with Crippen LogP contribution >= 0.6 is 0 Å². The Morgan fingerprint density at radius 2 is 1.74 bits per heavy atom. The van der Waals surface area contributed by atoms with Gasteiger partial charge in [-0.05, 0) is 67.8 Å². The molecule has 0 spiro atoms. The fourth-order valence-corrected chi connectivity index (χ4v) is 6.31. The Labute approximate surface area is 205 Å². The number of para-hydroxylation sites is 1. The summed E-state index contributed by atoms with van der Waals surface area (Å²) in [6, 6.07) is 21.0. The first-order chi connectivity index (χ1) is 17.0. The average molecular weight is 493 g/mol. The van der Waals surface area contributed by atoms with Gasteiger partial charge in [-0.15, -0.1) is 0 Å². The minimum atomic E-state index is -3.83. The number of carbonyl (C=O) groups is 1. The van der Waals surface area contributed by atoms with E-state index < -0.39 is 10.0 Å². The molecular formula is C27H28N2O5S. The van der Waals surface area contributed by atoms with Gasteiger partial charge in [-0.2, -0.15) is 0 Å². The van der Waals surface area contributed by atoms with E-state index in [9.17, 15) is 13.2 Å². The number of anilines is 1. The van der Waals surface area contributed by atoms with Gasteiger partial charge in [0.2, 0.25) is 0 Å². The van der Waals surface area contributed by atoms with Gasteiger partial charge >= 0.3 is 0 Å². The Bertz CT molecular complexity index is 1330. The third-order valence-electron chi connectivity index (χ3n) is 6.47. The average Bonchev–Trinajstić information content (AvgIpc) is 3.39. The van der Waals surface area contributed by atoms with Crippen molar-refractivity contribution in [1.29, 1.82) is 0 Å². The van der Waals surface area contributed by atoms with Gasteiger partial charge in [0, 0.05) is 18.7 Å². The molecular weight excluding hydrogens is 464 g/mol. The first-order valence-electron chi connectivity index (χ1n) is 11.9. The summed E-state index contributed by atoms with van der Waals surface area (Å²) in [6.45, 7) is 3.72. The minimum absolute atomic E-state index is 0.101. The minimum Gasteiger partial charge on any atom is -0.486 e. The standard InChI is InChI=1S/C27H28N2O5S/c1-2-29(22-9-4-3-5-10-22)35(31,32)23-11-6-8-21(18-23)27(30)28-15-7-12-24(28)20-13-14-25-26(19-20)34-17-16-33-25/h3-6,8-11,13-14,18-19,24H,2,7,12,15-17H2,1H3/t24-/m1/s1. The van der Waals surface area contributed by atoms with E-state index in [2.05, 4.69) is 0 Å². The SMILES string of the molecule is CCN(c1ccccc1)S(=O)(=O)c1cccc(C(=O)N2CCC[C@@H]2c2ccc3c(c2)OCCO3)c1. The highest BCUT2D eigenvalue weighted by Gasteiger charge is 2.32. The van der Waals surface area contributed by atoms with Gasteiger partial charge in [-0.25, -0.2) is 8.42 Å². The van der Waals surface area contributed by atoms with Crippen LogP contribution in [0.5, 0.6) is 11.5 Å². The molecule has 5 rings (SSSR count). The summed E-state index contributed by atoms with van der Waals surface area (Å²) in [7, 11) is -3.83. The monoisotopic (exact) mass is 492 g/mol. The number of ether oxygens (including phenoxy) is 2. The lowest BCUT2D eigenvalue weighted by molar-refractivity contribution is 0.0735. The molecule has 2 aliphatic rings. The second-order valence-electron chi connectivity index (χ2n) is 8.59. The molecule has 1 fully saturated rings. The molecule has 0 bridgehead atoms. The smallest absolute Gasteiger partial charge is 0.264 e. The van der Waals surface area contributed by atoms with Crippen molar-refractivity contribution >= 4 is 21.6 Å². The van der Waals surface area contributed by atoms with Crippen molar-refractivity contribution in [1.82, 2.24) is 4.90 Å². The lowest BCUT2D eigenvalue weighted by atomic mass is 10.0. The third kappa shape index (κ3) is 4.46. The molecule has 1 amide bonds. The van der Waals surface area contributed by atoms with E-state index in [1.165, 1.54) is 10.4 Å². The van der Waals surface area contributed by atoms with E-state index in [0.717, 1.165) is 18.4 Å². The first-order valence-corrected chi connectivity index (χ1v) is 13.3. The molecule has 0 saturated carbocycles. The molecule has 7 nitrogen and oxygen atoms in total. The summed E-state index contributed by atoms with van der Waals surface area (Å²) in [4.78, 5) is 15.5. The maximum atomic E-state index is 13.6. The number of hydrogen-bond donors (Lipinski definition) is 0. The van der Waals surface area contributed by atoms with Crippen molar-refractivity contribution in [3.05, 3.63) is 83.9 Å². The zero-order valence-electron chi connectivity index (χ0n) is 19.6. The van der Waals surface area contributed by atoms with Gasteiger partial charge in [0.25, 0.3) is 15.9 Å². The van der Waals surface area contributed by atoms with Crippen LogP contribution in [-0.4, -0.2) is 45.5 Å². The van der Waals surface area contributed by atoms with E-state index >= 15 is 0 Å². The Morgan fingerprint density at radius 1 is 0.971 bits per heavy atom. The Hall–Kier alpha value is -3.52. The molecule has 2 aliphatic heterocycles. The van der Waals surface area contributed by atoms with Gasteiger partial charge in [0.15, 0.2) is 11.5 Å². The Balaban J connectivity index is 1.42. The molecule has 35 heavy (non-hydrogen) atoms. The van der Waals surface area contributed by atoms with E-state index in [1.54, 1.807) is 49.4 Å². The van der Waals surface area contributed by atoms with Gasteiger partial charge < -0.3 is 14.4 Å². The van der Waals surface area contributed by atoms with Gasteiger partial charge in [-0.3, -0.25) is 9.10 Å². The normalized spacial score (nSPS) is 17.3. The van der Waals surface area contributed by atoms with E-state index in [-0.39, 0.29) is 23.4 Å². The van der Waals surface area contributed by atoms with Crippen LogP contribution in [0.3, 0.4) is 0 Å². The number of sulfonamides is 1. The van der Waals surface area contributed by atoms with Crippen molar-refractivity contribution in [3.63, 3.8) is 0 Å². The molecule has 182 valence electrons. The largest absolute Gasteiger partial charge is 0.486 e. The summed E-state index contributed by atoms with van der Waals surface area (Å²) in [5, 5.41) is 0. The number of likely N-dealkylation sites (tertiary alicyclic amines) is 1. The molecule has 0 aromatic heterocycles. The number of nitrogens with zero attached hydrogens (tertiary/aromatic N) is 2. The molecule has 1 atom stereocenters. The molecule has 2 heterocycles. The summed E-state index contributed by atoms with van der Waals surface area (Å²) >= 11 is 0. The van der Waals surface area contributed by atoms with Crippen LogP contribution in [0.15, 0.2) is 77.7 Å². The first kappa shape index (κ1) is 23.2. The van der Waals surface area contributed by atoms with Gasteiger partial charge in [0.1, 0.15) is 13.2 Å². The van der Waals surface area contributed by atoms with Crippen molar-refractivity contribution < 1.29 is 22.7 Å². The highest BCUT2D eigenvalue weighted by Crippen LogP contribution is 2.38. The van der Waals surface area contributed by atoms with E-state index in [4.69, 9.17) is 9.47 Å². The van der Waals surface area contributed by atoms with E-state index in [1.807, 2.05) is 29.2 Å². The topological polar surface area (TPSA) is 76.2 Å². The molecule has 0 N–H and O–H groups in total. The van der Waals surface area contributed by atoms with Crippen molar-refractivity contribution in [2.75, 3.05) is 30.6 Å². The summed E-state index contributed by atoms with van der Waals surface area (Å²) in [6.07, 6.45) is 1.71. The summed E-state index contributed by atoms with van der Waals surface area (Å²) in [5.74, 6) is 1.23. The van der Waals surface area contributed by atoms with E-state index in [0.29, 0.717) is 42.5 Å². The fraction of sp³-hybridized carbons (Fsp3) is 0.296. The number of carbonyl (C=O) groups excluding carboxylic acids is 1. The molecule has 0 unspecified atom stereocenters. The third-order valence-corrected chi connectivity index (χ3v) is 8.36. The van der Waals surface area contributed by atoms with Gasteiger partial charge in [0.05, 0.1) is 16.6 Å². The maximum Gasteiger partial charge on any atom is 0.264 e. The molecule has 3 aromatic carbocycles. The quantitative estimate of drug-likeness (QED) is 0.501. The predicted octanol–water partition coefficient (Wildman–Crippen LogP) is 4.65. The highest BCUT2D eigenvalue weighted by molar-refractivity contribution is 7.92. The van der Waals surface area contributed by atoms with Crippen LogP contribution in [-0.2, 0) is 10.0 Å². The second-order valence-corrected chi connectivity index (χ2v) is 10.5. The second kappa shape index (κ2) is 9.62. The summed E-state index contributed by atoms with van der Waals surface area (Å²) < 4.78 is 39.6. The molecule has 0 aliphatic carbocycles.